The third-order valence-corrected chi connectivity index (χ3v) is 5.07. The minimum atomic E-state index is -0.845. The quantitative estimate of drug-likeness (QED) is 0.577. The zero-order chi connectivity index (χ0) is 20.5. The summed E-state index contributed by atoms with van der Waals surface area (Å²) >= 11 is 13.5. The van der Waals surface area contributed by atoms with E-state index in [-0.39, 0.29) is 21.2 Å². The summed E-state index contributed by atoms with van der Waals surface area (Å²) in [6, 6.07) is 12.2. The first-order valence-electron chi connectivity index (χ1n) is 8.33. The molecule has 3 amide bonds. The Labute approximate surface area is 177 Å². The molecule has 0 aliphatic heterocycles. The summed E-state index contributed by atoms with van der Waals surface area (Å²) in [4.78, 5) is 37.1. The first-order valence-corrected chi connectivity index (χ1v) is 10.5. The molecule has 0 aliphatic carbocycles. The van der Waals surface area contributed by atoms with Crippen LogP contribution in [0.4, 0.5) is 0 Å². The lowest BCUT2D eigenvalue weighted by Gasteiger charge is -2.19. The van der Waals surface area contributed by atoms with E-state index in [4.69, 9.17) is 23.2 Å². The molecule has 3 N–H and O–H groups in total. The largest absolute Gasteiger partial charge is 0.340 e. The fourth-order valence-corrected chi connectivity index (χ4v) is 3.22. The topological polar surface area (TPSA) is 87.3 Å². The van der Waals surface area contributed by atoms with E-state index in [0.29, 0.717) is 12.2 Å². The molecule has 0 saturated heterocycles. The van der Waals surface area contributed by atoms with Crippen LogP contribution in [0.15, 0.2) is 48.5 Å². The molecule has 0 aliphatic rings. The summed E-state index contributed by atoms with van der Waals surface area (Å²) in [6.45, 7) is 0. The molecule has 1 unspecified atom stereocenters. The van der Waals surface area contributed by atoms with Gasteiger partial charge >= 0.3 is 0 Å². The third-order valence-electron chi connectivity index (χ3n) is 3.77. The Bertz CT molecular complexity index is 864. The molecule has 148 valence electrons. The lowest BCUT2D eigenvalue weighted by molar-refractivity contribution is -0.123. The van der Waals surface area contributed by atoms with Crippen molar-refractivity contribution in [3.8, 4) is 0 Å². The maximum atomic E-state index is 12.5. The van der Waals surface area contributed by atoms with Crippen molar-refractivity contribution in [1.29, 1.82) is 0 Å². The van der Waals surface area contributed by atoms with Crippen LogP contribution in [-0.4, -0.2) is 35.8 Å². The molecule has 28 heavy (non-hydrogen) atoms. The van der Waals surface area contributed by atoms with Gasteiger partial charge in [-0.15, -0.1) is 0 Å². The van der Waals surface area contributed by atoms with E-state index < -0.39 is 23.8 Å². The lowest BCUT2D eigenvalue weighted by atomic mass is 10.1. The Morgan fingerprint density at radius 3 is 1.96 bits per heavy atom. The highest BCUT2D eigenvalue weighted by molar-refractivity contribution is 7.98. The smallest absolute Gasteiger partial charge is 0.271 e. The molecule has 6 nitrogen and oxygen atoms in total. The van der Waals surface area contributed by atoms with Crippen LogP contribution in [0.1, 0.15) is 27.1 Å². The Hall–Kier alpha value is -2.22. The van der Waals surface area contributed by atoms with Crippen molar-refractivity contribution in [2.75, 3.05) is 12.0 Å². The number of hydrogen-bond donors (Lipinski definition) is 3. The van der Waals surface area contributed by atoms with Gasteiger partial charge in [-0.3, -0.25) is 25.2 Å². The van der Waals surface area contributed by atoms with Crippen molar-refractivity contribution in [2.24, 2.45) is 0 Å². The van der Waals surface area contributed by atoms with Crippen LogP contribution in [0.2, 0.25) is 10.0 Å². The second-order valence-corrected chi connectivity index (χ2v) is 7.51. The number of carbonyl (C=O) groups excluding carboxylic acids is 3. The van der Waals surface area contributed by atoms with Crippen LogP contribution >= 0.6 is 35.0 Å². The van der Waals surface area contributed by atoms with Crippen LogP contribution in [0.3, 0.4) is 0 Å². The normalized spacial score (nSPS) is 11.4. The van der Waals surface area contributed by atoms with Gasteiger partial charge < -0.3 is 5.32 Å². The zero-order valence-corrected chi connectivity index (χ0v) is 17.3. The predicted octanol–water partition coefficient (Wildman–Crippen LogP) is 3.31. The van der Waals surface area contributed by atoms with E-state index in [0.717, 1.165) is 0 Å². The Kier molecular flexibility index (Phi) is 8.63. The highest BCUT2D eigenvalue weighted by atomic mass is 35.5. The standard InChI is InChI=1S/C19H19Cl2N3O3S/c1-28-11-10-16(22-17(25)12-6-2-4-8-14(12)20)19(27)24-23-18(26)13-7-3-5-9-15(13)21/h2-9,16H,10-11H2,1H3,(H,22,25)(H,23,26)(H,24,27). The molecule has 0 saturated carbocycles. The average Bonchev–Trinajstić information content (AvgIpc) is 2.69. The first kappa shape index (κ1) is 22.1. The fourth-order valence-electron chi connectivity index (χ4n) is 2.30. The van der Waals surface area contributed by atoms with Gasteiger partial charge in [0.05, 0.1) is 21.2 Å². The molecule has 2 aromatic rings. The van der Waals surface area contributed by atoms with E-state index in [2.05, 4.69) is 16.2 Å². The number of amides is 3. The van der Waals surface area contributed by atoms with Crippen LogP contribution in [0, 0.1) is 0 Å². The number of hydrogen-bond acceptors (Lipinski definition) is 4. The van der Waals surface area contributed by atoms with Gasteiger partial charge in [-0.2, -0.15) is 11.8 Å². The van der Waals surface area contributed by atoms with Crippen molar-refractivity contribution in [3.63, 3.8) is 0 Å². The van der Waals surface area contributed by atoms with Crippen LogP contribution in [0.5, 0.6) is 0 Å². The number of rotatable bonds is 7. The summed E-state index contributed by atoms with van der Waals surface area (Å²) in [5.41, 5.74) is 5.14. The lowest BCUT2D eigenvalue weighted by Crippen LogP contribution is -2.52. The highest BCUT2D eigenvalue weighted by Gasteiger charge is 2.23. The van der Waals surface area contributed by atoms with Gasteiger partial charge in [0, 0.05) is 0 Å². The second-order valence-electron chi connectivity index (χ2n) is 5.71. The van der Waals surface area contributed by atoms with Crippen molar-refractivity contribution >= 4 is 52.7 Å². The number of hydrazine groups is 1. The number of thioether (sulfide) groups is 1. The van der Waals surface area contributed by atoms with Crippen molar-refractivity contribution in [3.05, 3.63) is 69.7 Å². The average molecular weight is 440 g/mol. The van der Waals surface area contributed by atoms with Crippen LogP contribution in [-0.2, 0) is 4.79 Å². The second kappa shape index (κ2) is 10.9. The number of nitrogens with one attached hydrogen (secondary N) is 3. The molecule has 0 spiro atoms. The van der Waals surface area contributed by atoms with Gasteiger partial charge in [-0.05, 0) is 42.7 Å². The van der Waals surface area contributed by atoms with Crippen molar-refractivity contribution < 1.29 is 14.4 Å². The minimum Gasteiger partial charge on any atom is -0.340 e. The number of halogens is 2. The Morgan fingerprint density at radius 1 is 0.893 bits per heavy atom. The fraction of sp³-hybridized carbons (Fsp3) is 0.211. The SMILES string of the molecule is CSCCC(NC(=O)c1ccccc1Cl)C(=O)NNC(=O)c1ccccc1Cl. The Morgan fingerprint density at radius 2 is 1.43 bits per heavy atom. The van der Waals surface area contributed by atoms with E-state index in [1.807, 2.05) is 6.26 Å². The molecule has 0 radical (unpaired) electrons. The third kappa shape index (κ3) is 6.15. The molecule has 1 atom stereocenters. The number of carbonyl (C=O) groups is 3. The molecule has 0 fully saturated rings. The predicted molar refractivity (Wildman–Crippen MR) is 113 cm³/mol. The molecular formula is C19H19Cl2N3O3S. The minimum absolute atomic E-state index is 0.227. The van der Waals surface area contributed by atoms with Gasteiger partial charge in [-0.25, -0.2) is 0 Å². The van der Waals surface area contributed by atoms with Gasteiger partial charge in [0.25, 0.3) is 17.7 Å². The molecule has 0 bridgehead atoms. The molecule has 2 rings (SSSR count). The van der Waals surface area contributed by atoms with Gasteiger partial charge in [0.2, 0.25) is 0 Å². The summed E-state index contributed by atoms with van der Waals surface area (Å²) in [7, 11) is 0. The molecule has 2 aromatic carbocycles. The van der Waals surface area contributed by atoms with Crippen molar-refractivity contribution in [1.82, 2.24) is 16.2 Å². The van der Waals surface area contributed by atoms with E-state index >= 15 is 0 Å². The van der Waals surface area contributed by atoms with Crippen LogP contribution < -0.4 is 16.2 Å². The number of benzene rings is 2. The highest BCUT2D eigenvalue weighted by Crippen LogP contribution is 2.16. The van der Waals surface area contributed by atoms with E-state index in [1.54, 1.807) is 42.5 Å². The molecule has 9 heteroatoms. The van der Waals surface area contributed by atoms with Crippen molar-refractivity contribution in [2.45, 2.75) is 12.5 Å². The summed E-state index contributed by atoms with van der Waals surface area (Å²) in [6.07, 6.45) is 2.27. The van der Waals surface area contributed by atoms with Gasteiger partial charge in [-0.1, -0.05) is 47.5 Å². The van der Waals surface area contributed by atoms with Gasteiger partial charge in [0.1, 0.15) is 6.04 Å². The zero-order valence-electron chi connectivity index (χ0n) is 15.0. The maximum Gasteiger partial charge on any atom is 0.271 e. The molecule has 0 heterocycles. The molecular weight excluding hydrogens is 421 g/mol. The van der Waals surface area contributed by atoms with Gasteiger partial charge in [0.15, 0.2) is 0 Å². The first-order chi connectivity index (χ1) is 13.4. The molecule has 0 aromatic heterocycles. The summed E-state index contributed by atoms with van der Waals surface area (Å²) in [5, 5.41) is 3.21. The van der Waals surface area contributed by atoms with Crippen LogP contribution in [0.25, 0.3) is 0 Å². The summed E-state index contributed by atoms with van der Waals surface area (Å²) < 4.78 is 0. The monoisotopic (exact) mass is 439 g/mol. The van der Waals surface area contributed by atoms with E-state index in [1.165, 1.54) is 17.8 Å². The summed E-state index contributed by atoms with van der Waals surface area (Å²) in [5.74, 6) is -0.932. The van der Waals surface area contributed by atoms with E-state index in [9.17, 15) is 14.4 Å². The maximum absolute atomic E-state index is 12.5. The Balaban J connectivity index is 2.02.